The zero-order valence-electron chi connectivity index (χ0n) is 21.8. The minimum absolute atomic E-state index is 0.00700. The maximum absolute atomic E-state index is 15.0. The number of hydrogen-bond donors (Lipinski definition) is 2. The number of hydrogen-bond acceptors (Lipinski definition) is 6. The Kier molecular flexibility index (Phi) is 8.01. The van der Waals surface area contributed by atoms with Crippen LogP contribution in [0.3, 0.4) is 0 Å². The summed E-state index contributed by atoms with van der Waals surface area (Å²) >= 11 is 0. The summed E-state index contributed by atoms with van der Waals surface area (Å²) in [6, 6.07) is 5.78. The van der Waals surface area contributed by atoms with Crippen molar-refractivity contribution in [3.63, 3.8) is 0 Å². The summed E-state index contributed by atoms with van der Waals surface area (Å²) in [5.41, 5.74) is 5.61. The highest BCUT2D eigenvalue weighted by Crippen LogP contribution is 2.37. The first kappa shape index (κ1) is 27.9. The maximum Gasteiger partial charge on any atom is 0.185 e. The van der Waals surface area contributed by atoms with E-state index in [4.69, 9.17) is 10.5 Å². The fourth-order valence-corrected chi connectivity index (χ4v) is 5.11. The topological polar surface area (TPSA) is 98.3 Å². The lowest BCUT2D eigenvalue weighted by Crippen LogP contribution is -2.44. The summed E-state index contributed by atoms with van der Waals surface area (Å²) in [7, 11) is 1.42. The Bertz CT molecular complexity index is 1310. The number of ether oxygens (including phenoxy) is 1. The first-order chi connectivity index (χ1) is 17.9. The molecule has 2 heterocycles. The van der Waals surface area contributed by atoms with Crippen LogP contribution in [0.1, 0.15) is 66.7 Å². The van der Waals surface area contributed by atoms with Crippen LogP contribution < -0.4 is 5.73 Å². The quantitative estimate of drug-likeness (QED) is 0.417. The van der Waals surface area contributed by atoms with Crippen molar-refractivity contribution >= 4 is 5.78 Å². The number of ketones is 1. The van der Waals surface area contributed by atoms with Crippen molar-refractivity contribution in [1.29, 1.82) is 0 Å². The number of benzene rings is 1. The van der Waals surface area contributed by atoms with Crippen molar-refractivity contribution in [3.8, 4) is 11.3 Å². The average Bonchev–Trinajstić information content (AvgIpc) is 2.87. The van der Waals surface area contributed by atoms with Gasteiger partial charge in [0.25, 0.3) is 0 Å². The molecule has 4 rings (SSSR count). The fraction of sp³-hybridized carbons (Fsp3) is 0.414. The molecular weight excluding hydrogens is 495 g/mol. The number of nitrogens with two attached hydrogens (primary N) is 1. The van der Waals surface area contributed by atoms with Crippen LogP contribution in [0.2, 0.25) is 0 Å². The van der Waals surface area contributed by atoms with Crippen LogP contribution >= 0.6 is 0 Å². The molecular formula is C29H32F3N3O3. The number of Topliss-reactive ketones (excluding diaryl/α,β-unsaturated/α-hetero) is 1. The van der Waals surface area contributed by atoms with Gasteiger partial charge in [0.05, 0.1) is 17.3 Å². The van der Waals surface area contributed by atoms with E-state index in [9.17, 15) is 14.3 Å². The third-order valence-corrected chi connectivity index (χ3v) is 7.58. The number of nitrogens with zero attached hydrogens (tertiary/aromatic N) is 2. The highest BCUT2D eigenvalue weighted by Gasteiger charge is 2.34. The Balaban J connectivity index is 1.65. The highest BCUT2D eigenvalue weighted by atomic mass is 19.1. The monoisotopic (exact) mass is 527 g/mol. The summed E-state index contributed by atoms with van der Waals surface area (Å²) < 4.78 is 50.1. The third kappa shape index (κ3) is 5.50. The Morgan fingerprint density at radius 3 is 2.45 bits per heavy atom. The van der Waals surface area contributed by atoms with Gasteiger partial charge in [-0.25, -0.2) is 18.2 Å². The minimum Gasteiger partial charge on any atom is -0.391 e. The van der Waals surface area contributed by atoms with E-state index in [0.717, 1.165) is 23.8 Å². The fourth-order valence-electron chi connectivity index (χ4n) is 5.11. The van der Waals surface area contributed by atoms with Gasteiger partial charge in [0, 0.05) is 32.0 Å². The molecule has 0 unspecified atom stereocenters. The predicted molar refractivity (Wildman–Crippen MR) is 137 cm³/mol. The zero-order chi connectivity index (χ0) is 27.8. The Hall–Kier alpha value is -3.14. The second-order valence-corrected chi connectivity index (χ2v) is 10.5. The van der Waals surface area contributed by atoms with Gasteiger partial charge < -0.3 is 15.6 Å². The van der Waals surface area contributed by atoms with Crippen molar-refractivity contribution in [2.24, 2.45) is 11.7 Å². The number of aliphatic hydroxyl groups is 1. The largest absolute Gasteiger partial charge is 0.391 e. The lowest BCUT2D eigenvalue weighted by molar-refractivity contribution is 0.0187. The second kappa shape index (κ2) is 10.9. The summed E-state index contributed by atoms with van der Waals surface area (Å²) in [5, 5.41) is 10.2. The van der Waals surface area contributed by atoms with E-state index in [1.54, 1.807) is 26.2 Å². The first-order valence-electron chi connectivity index (χ1n) is 12.5. The van der Waals surface area contributed by atoms with E-state index in [2.05, 4.69) is 9.97 Å². The molecule has 0 saturated heterocycles. The molecule has 1 aromatic carbocycles. The molecule has 202 valence electrons. The molecule has 38 heavy (non-hydrogen) atoms. The van der Waals surface area contributed by atoms with E-state index < -0.39 is 46.2 Å². The lowest BCUT2D eigenvalue weighted by atomic mass is 9.74. The molecule has 1 saturated carbocycles. The Morgan fingerprint density at radius 1 is 1.13 bits per heavy atom. The summed E-state index contributed by atoms with van der Waals surface area (Å²) in [5.74, 6) is -3.41. The molecule has 1 fully saturated rings. The highest BCUT2D eigenvalue weighted by molar-refractivity contribution is 5.96. The molecule has 1 aliphatic carbocycles. The van der Waals surface area contributed by atoms with Crippen LogP contribution in [0, 0.1) is 23.4 Å². The van der Waals surface area contributed by atoms with E-state index in [1.807, 2.05) is 13.0 Å². The number of aliphatic hydroxyl groups excluding tert-OH is 1. The first-order valence-corrected chi connectivity index (χ1v) is 12.5. The number of rotatable bonds is 7. The van der Waals surface area contributed by atoms with Crippen LogP contribution in [0.15, 0.2) is 42.7 Å². The van der Waals surface area contributed by atoms with E-state index in [-0.39, 0.29) is 35.6 Å². The molecule has 0 aliphatic heterocycles. The van der Waals surface area contributed by atoms with Crippen molar-refractivity contribution in [2.45, 2.75) is 63.7 Å². The van der Waals surface area contributed by atoms with Gasteiger partial charge in [0.2, 0.25) is 0 Å². The Morgan fingerprint density at radius 2 is 1.82 bits per heavy atom. The van der Waals surface area contributed by atoms with Gasteiger partial charge >= 0.3 is 0 Å². The maximum atomic E-state index is 15.0. The molecule has 3 N–H and O–H groups in total. The van der Waals surface area contributed by atoms with Crippen LogP contribution in [-0.4, -0.2) is 40.1 Å². The van der Waals surface area contributed by atoms with Gasteiger partial charge in [0.1, 0.15) is 28.8 Å². The summed E-state index contributed by atoms with van der Waals surface area (Å²) in [6.07, 6.45) is 3.82. The van der Waals surface area contributed by atoms with Crippen molar-refractivity contribution in [1.82, 2.24) is 9.97 Å². The molecule has 0 radical (unpaired) electrons. The van der Waals surface area contributed by atoms with E-state index >= 15 is 8.78 Å². The number of pyridine rings is 2. The summed E-state index contributed by atoms with van der Waals surface area (Å²) in [6.45, 7) is 5.23. The average molecular weight is 528 g/mol. The Labute approximate surface area is 220 Å². The number of methoxy groups -OCH3 is 1. The van der Waals surface area contributed by atoms with Gasteiger partial charge in [-0.15, -0.1) is 0 Å². The van der Waals surface area contributed by atoms with Gasteiger partial charge in [-0.3, -0.25) is 9.78 Å². The zero-order valence-corrected chi connectivity index (χ0v) is 21.8. The van der Waals surface area contributed by atoms with E-state index in [1.165, 1.54) is 13.2 Å². The SMILES string of the molecule is COC(C)(C)c1cc(F)c(-c2nc(C(=O)Cc3cnccc3[C@H]3C[C@@H](N)[C@H](O)[C@@H](C)C3)ccc2F)c(F)c1. The lowest BCUT2D eigenvalue weighted by Gasteiger charge is -2.36. The molecule has 0 bridgehead atoms. The molecule has 4 atom stereocenters. The smallest absolute Gasteiger partial charge is 0.185 e. The molecule has 9 heteroatoms. The third-order valence-electron chi connectivity index (χ3n) is 7.58. The van der Waals surface area contributed by atoms with Crippen molar-refractivity contribution < 1.29 is 27.8 Å². The molecule has 0 spiro atoms. The summed E-state index contributed by atoms with van der Waals surface area (Å²) in [4.78, 5) is 21.4. The normalized spacial score (nSPS) is 21.9. The van der Waals surface area contributed by atoms with Crippen LogP contribution in [0.4, 0.5) is 13.2 Å². The van der Waals surface area contributed by atoms with E-state index in [0.29, 0.717) is 18.4 Å². The predicted octanol–water partition coefficient (Wildman–Crippen LogP) is 5.07. The van der Waals surface area contributed by atoms with Gasteiger partial charge in [-0.05, 0) is 85.5 Å². The number of halogens is 3. The van der Waals surface area contributed by atoms with Crippen LogP contribution in [0.5, 0.6) is 0 Å². The number of carbonyl (C=O) groups excluding carboxylic acids is 1. The van der Waals surface area contributed by atoms with Gasteiger partial charge in [-0.1, -0.05) is 6.92 Å². The standard InChI is InChI=1S/C29H32F3N3O3/c1-15-9-16(10-23(33)28(15)37)19-7-8-34-14-17(19)11-25(36)24-6-5-20(30)27(35-24)26-21(31)12-18(13-22(26)32)29(2,3)38-4/h5-8,12-16,23,28,37H,9-11,33H2,1-4H3/t15-,16+,23+,28+/m0/s1. The number of carbonyl (C=O) groups is 1. The van der Waals surface area contributed by atoms with Gasteiger partial charge in [0.15, 0.2) is 5.78 Å². The van der Waals surface area contributed by atoms with Crippen molar-refractivity contribution in [3.05, 3.63) is 82.6 Å². The molecule has 0 amide bonds. The van der Waals surface area contributed by atoms with Crippen molar-refractivity contribution in [2.75, 3.05) is 7.11 Å². The van der Waals surface area contributed by atoms with Crippen LogP contribution in [-0.2, 0) is 16.8 Å². The second-order valence-electron chi connectivity index (χ2n) is 10.5. The molecule has 6 nitrogen and oxygen atoms in total. The molecule has 1 aliphatic rings. The number of aromatic nitrogens is 2. The molecule has 3 aromatic rings. The van der Waals surface area contributed by atoms with Gasteiger partial charge in [-0.2, -0.15) is 0 Å². The van der Waals surface area contributed by atoms with Crippen LogP contribution in [0.25, 0.3) is 11.3 Å². The molecule has 2 aromatic heterocycles. The minimum atomic E-state index is -1.01.